The Hall–Kier alpha value is -0.570. The third-order valence-electron chi connectivity index (χ3n) is 2.26. The zero-order valence-corrected chi connectivity index (χ0v) is 7.18. The fraction of sp³-hybridized carbons (Fsp3) is 0.875. The van der Waals surface area contributed by atoms with Gasteiger partial charge in [-0.1, -0.05) is 0 Å². The van der Waals surface area contributed by atoms with Crippen LogP contribution in [0.15, 0.2) is 0 Å². The Kier molecular flexibility index (Phi) is 2.49. The molecule has 0 aromatic rings. The van der Waals surface area contributed by atoms with E-state index in [9.17, 15) is 4.79 Å². The highest BCUT2D eigenvalue weighted by atomic mass is 16.1. The van der Waals surface area contributed by atoms with Crippen LogP contribution in [0.2, 0.25) is 0 Å². The van der Waals surface area contributed by atoms with Gasteiger partial charge in [0.25, 0.3) is 0 Å². The number of carbonyl (C=O) groups excluding carboxylic acids is 1. The van der Waals surface area contributed by atoms with Gasteiger partial charge in [0.15, 0.2) is 0 Å². The fourth-order valence-electron chi connectivity index (χ4n) is 1.69. The van der Waals surface area contributed by atoms with E-state index in [1.807, 2.05) is 6.92 Å². The molecule has 1 rings (SSSR count). The van der Waals surface area contributed by atoms with Gasteiger partial charge in [0.2, 0.25) is 6.41 Å². The summed E-state index contributed by atoms with van der Waals surface area (Å²) in [5.41, 5.74) is -0.167. The van der Waals surface area contributed by atoms with Crippen molar-refractivity contribution in [3.05, 3.63) is 0 Å². The van der Waals surface area contributed by atoms with Crippen molar-refractivity contribution in [3.63, 3.8) is 0 Å². The van der Waals surface area contributed by atoms with E-state index in [0.29, 0.717) is 6.04 Å². The molecule has 1 aliphatic rings. The van der Waals surface area contributed by atoms with Crippen molar-refractivity contribution in [1.82, 2.24) is 10.6 Å². The van der Waals surface area contributed by atoms with E-state index in [0.717, 1.165) is 12.8 Å². The standard InChI is InChI=1S/C8H16N2O/c1-7-4-3-5-8(2,10-7)9-6-11/h6-7,10H,3-5H2,1-2H3,(H,9,11). The van der Waals surface area contributed by atoms with Gasteiger partial charge < -0.3 is 5.32 Å². The zero-order valence-electron chi connectivity index (χ0n) is 7.18. The second-order valence-corrected chi connectivity index (χ2v) is 3.53. The summed E-state index contributed by atoms with van der Waals surface area (Å²) in [5, 5.41) is 6.15. The molecule has 64 valence electrons. The molecule has 0 spiro atoms. The summed E-state index contributed by atoms with van der Waals surface area (Å²) in [6.45, 7) is 4.17. The first-order valence-electron chi connectivity index (χ1n) is 4.15. The van der Waals surface area contributed by atoms with Crippen LogP contribution >= 0.6 is 0 Å². The van der Waals surface area contributed by atoms with Gasteiger partial charge in [-0.3, -0.25) is 10.1 Å². The molecule has 0 radical (unpaired) electrons. The van der Waals surface area contributed by atoms with E-state index in [1.165, 1.54) is 12.8 Å². The molecular weight excluding hydrogens is 140 g/mol. The molecule has 1 saturated heterocycles. The molecule has 0 aliphatic carbocycles. The monoisotopic (exact) mass is 156 g/mol. The Labute approximate surface area is 67.5 Å². The molecule has 2 unspecified atom stereocenters. The first kappa shape index (κ1) is 8.53. The normalized spacial score (nSPS) is 38.2. The summed E-state index contributed by atoms with van der Waals surface area (Å²) < 4.78 is 0. The van der Waals surface area contributed by atoms with E-state index < -0.39 is 0 Å². The first-order chi connectivity index (χ1) is 5.16. The van der Waals surface area contributed by atoms with Crippen LogP contribution in [0.3, 0.4) is 0 Å². The Bertz CT molecular complexity index is 149. The number of nitrogens with one attached hydrogen (secondary N) is 2. The minimum atomic E-state index is -0.167. The molecule has 3 nitrogen and oxygen atoms in total. The second-order valence-electron chi connectivity index (χ2n) is 3.53. The van der Waals surface area contributed by atoms with Gasteiger partial charge in [-0.2, -0.15) is 0 Å². The number of hydrogen-bond donors (Lipinski definition) is 2. The summed E-state index contributed by atoms with van der Waals surface area (Å²) in [5.74, 6) is 0. The van der Waals surface area contributed by atoms with Crippen molar-refractivity contribution < 1.29 is 4.79 Å². The van der Waals surface area contributed by atoms with Crippen molar-refractivity contribution in [1.29, 1.82) is 0 Å². The minimum Gasteiger partial charge on any atom is -0.341 e. The molecule has 1 fully saturated rings. The minimum absolute atomic E-state index is 0.167. The van der Waals surface area contributed by atoms with Crippen LogP contribution in [0, 0.1) is 0 Å². The highest BCUT2D eigenvalue weighted by Crippen LogP contribution is 2.18. The topological polar surface area (TPSA) is 41.1 Å². The average Bonchev–Trinajstić information content (AvgIpc) is 1.86. The zero-order chi connectivity index (χ0) is 8.32. The molecule has 0 aromatic carbocycles. The molecule has 0 bridgehead atoms. The molecule has 2 N–H and O–H groups in total. The van der Waals surface area contributed by atoms with Crippen molar-refractivity contribution >= 4 is 6.41 Å². The van der Waals surface area contributed by atoms with Crippen LogP contribution in [0.4, 0.5) is 0 Å². The molecule has 2 atom stereocenters. The smallest absolute Gasteiger partial charge is 0.208 e. The van der Waals surface area contributed by atoms with E-state index in [1.54, 1.807) is 0 Å². The quantitative estimate of drug-likeness (QED) is 0.575. The van der Waals surface area contributed by atoms with Crippen molar-refractivity contribution in [2.75, 3.05) is 0 Å². The summed E-state index contributed by atoms with van der Waals surface area (Å²) in [7, 11) is 0. The Balaban J connectivity index is 2.47. The number of rotatable bonds is 2. The SMILES string of the molecule is CC1CCCC(C)(NC=O)N1. The van der Waals surface area contributed by atoms with E-state index in [-0.39, 0.29) is 5.66 Å². The predicted octanol–water partition coefficient (Wildman–Crippen LogP) is 0.611. The number of carbonyl (C=O) groups is 1. The molecule has 1 amide bonds. The number of hydrogen-bond acceptors (Lipinski definition) is 2. The summed E-state index contributed by atoms with van der Waals surface area (Å²) in [4.78, 5) is 10.2. The predicted molar refractivity (Wildman–Crippen MR) is 44.1 cm³/mol. The van der Waals surface area contributed by atoms with Crippen LogP contribution in [0.25, 0.3) is 0 Å². The van der Waals surface area contributed by atoms with Gasteiger partial charge in [-0.15, -0.1) is 0 Å². The van der Waals surface area contributed by atoms with Gasteiger partial charge in [-0.05, 0) is 33.1 Å². The lowest BCUT2D eigenvalue weighted by Gasteiger charge is -2.38. The Morgan fingerprint density at radius 3 is 3.00 bits per heavy atom. The molecule has 1 aliphatic heterocycles. The third kappa shape index (κ3) is 2.19. The van der Waals surface area contributed by atoms with Crippen LogP contribution in [-0.2, 0) is 4.79 Å². The van der Waals surface area contributed by atoms with Crippen LogP contribution in [0.5, 0.6) is 0 Å². The van der Waals surface area contributed by atoms with Crippen molar-refractivity contribution in [2.24, 2.45) is 0 Å². The first-order valence-corrected chi connectivity index (χ1v) is 4.15. The van der Waals surface area contributed by atoms with Crippen LogP contribution < -0.4 is 10.6 Å². The molecule has 1 heterocycles. The largest absolute Gasteiger partial charge is 0.341 e. The molecule has 11 heavy (non-hydrogen) atoms. The van der Waals surface area contributed by atoms with Gasteiger partial charge in [0.05, 0.1) is 5.66 Å². The maximum absolute atomic E-state index is 10.2. The van der Waals surface area contributed by atoms with Crippen molar-refractivity contribution in [2.45, 2.75) is 44.8 Å². The third-order valence-corrected chi connectivity index (χ3v) is 2.26. The van der Waals surface area contributed by atoms with Gasteiger partial charge in [0, 0.05) is 6.04 Å². The maximum Gasteiger partial charge on any atom is 0.208 e. The molecular formula is C8H16N2O. The number of piperidine rings is 1. The highest BCUT2D eigenvalue weighted by molar-refractivity contribution is 5.47. The van der Waals surface area contributed by atoms with E-state index in [4.69, 9.17) is 0 Å². The van der Waals surface area contributed by atoms with E-state index >= 15 is 0 Å². The average molecular weight is 156 g/mol. The van der Waals surface area contributed by atoms with Crippen LogP contribution in [0.1, 0.15) is 33.1 Å². The Morgan fingerprint density at radius 2 is 2.45 bits per heavy atom. The van der Waals surface area contributed by atoms with Gasteiger partial charge >= 0.3 is 0 Å². The maximum atomic E-state index is 10.2. The van der Waals surface area contributed by atoms with E-state index in [2.05, 4.69) is 17.6 Å². The summed E-state index contributed by atoms with van der Waals surface area (Å²) in [6.07, 6.45) is 4.18. The lowest BCUT2D eigenvalue weighted by molar-refractivity contribution is -0.111. The lowest BCUT2D eigenvalue weighted by Crippen LogP contribution is -2.59. The number of amides is 1. The van der Waals surface area contributed by atoms with Gasteiger partial charge in [-0.25, -0.2) is 0 Å². The summed E-state index contributed by atoms with van der Waals surface area (Å²) >= 11 is 0. The van der Waals surface area contributed by atoms with Crippen LogP contribution in [-0.4, -0.2) is 18.1 Å². The second kappa shape index (κ2) is 3.22. The molecule has 0 aromatic heterocycles. The van der Waals surface area contributed by atoms with Crippen molar-refractivity contribution in [3.8, 4) is 0 Å². The summed E-state index contributed by atoms with van der Waals surface area (Å²) in [6, 6.07) is 0.515. The Morgan fingerprint density at radius 1 is 1.73 bits per heavy atom. The lowest BCUT2D eigenvalue weighted by atomic mass is 9.95. The highest BCUT2D eigenvalue weighted by Gasteiger charge is 2.28. The molecule has 0 saturated carbocycles. The fourth-order valence-corrected chi connectivity index (χ4v) is 1.69. The molecule has 3 heteroatoms. The van der Waals surface area contributed by atoms with Gasteiger partial charge in [0.1, 0.15) is 0 Å².